The number of hydrogen-bond donors (Lipinski definition) is 0. The Kier molecular flexibility index (Phi) is 7.70. The van der Waals surface area contributed by atoms with Gasteiger partial charge in [-0.3, -0.25) is 0 Å². The van der Waals surface area contributed by atoms with E-state index in [2.05, 4.69) is 254 Å². The van der Waals surface area contributed by atoms with Gasteiger partial charge in [0.15, 0.2) is 0 Å². The van der Waals surface area contributed by atoms with E-state index in [1.165, 1.54) is 105 Å². The predicted octanol–water partition coefficient (Wildman–Crippen LogP) is 16.6. The van der Waals surface area contributed by atoms with Gasteiger partial charge in [-0.1, -0.05) is 190 Å². The highest BCUT2D eigenvalue weighted by Crippen LogP contribution is 2.65. The lowest BCUT2D eigenvalue weighted by molar-refractivity contribution is 0.660. The smallest absolute Gasteiger partial charge is 0.0726 e. The predicted molar refractivity (Wildman–Crippen MR) is 275 cm³/mol. The molecule has 66 heavy (non-hydrogen) atoms. The summed E-state index contributed by atoms with van der Waals surface area (Å²) in [4.78, 5) is 2.52. The third-order valence-corrected chi connectivity index (χ3v) is 15.2. The van der Waals surface area contributed by atoms with E-state index >= 15 is 0 Å². The van der Waals surface area contributed by atoms with Crippen molar-refractivity contribution in [3.8, 4) is 50.2 Å². The highest BCUT2D eigenvalue weighted by Gasteiger charge is 2.52. The number of nitrogens with zero attached hydrogens (tertiary/aromatic N) is 2. The highest BCUT2D eigenvalue weighted by atomic mass is 15.1. The lowest BCUT2D eigenvalue weighted by Crippen LogP contribution is -2.26. The van der Waals surface area contributed by atoms with E-state index in [0.29, 0.717) is 0 Å². The first-order valence-corrected chi connectivity index (χ1v) is 23.2. The van der Waals surface area contributed by atoms with Crippen LogP contribution in [0.5, 0.6) is 0 Å². The van der Waals surface area contributed by atoms with Crippen LogP contribution in [0.1, 0.15) is 47.2 Å². The zero-order valence-electron chi connectivity index (χ0n) is 36.8. The van der Waals surface area contributed by atoms with E-state index in [1.54, 1.807) is 0 Å². The number of rotatable bonds is 5. The second-order valence-electron chi connectivity index (χ2n) is 18.8. The third kappa shape index (κ3) is 4.91. The summed E-state index contributed by atoms with van der Waals surface area (Å²) in [6.07, 6.45) is 0. The molecule has 1 heterocycles. The molecular weight excluding hydrogens is 797 g/mol. The second-order valence-corrected chi connectivity index (χ2v) is 18.8. The summed E-state index contributed by atoms with van der Waals surface area (Å²) in [5.41, 5.74) is 24.8. The third-order valence-electron chi connectivity index (χ3n) is 15.2. The SMILES string of the molecule is CC1(C)c2ccccc2-c2ccc(N(c3ccc(-c4ccc(-n5c6ccccc6c6ccccc65)cc4)cc3)c3cccc4c3-c3ccccc3C43c4ccccc4-c4ccccc43)cc21. The number of hydrogen-bond acceptors (Lipinski definition) is 1. The normalized spacial score (nSPS) is 14.2. The maximum absolute atomic E-state index is 2.52. The highest BCUT2D eigenvalue weighted by molar-refractivity contribution is 6.09. The van der Waals surface area contributed by atoms with E-state index < -0.39 is 5.41 Å². The van der Waals surface area contributed by atoms with Crippen LogP contribution in [0.25, 0.3) is 72.0 Å². The van der Waals surface area contributed by atoms with Crippen molar-refractivity contribution < 1.29 is 0 Å². The van der Waals surface area contributed by atoms with E-state index in [9.17, 15) is 0 Å². The Labute approximate surface area is 385 Å². The number of para-hydroxylation sites is 2. The first-order valence-electron chi connectivity index (χ1n) is 23.2. The molecule has 1 spiro atoms. The van der Waals surface area contributed by atoms with Crippen LogP contribution in [0, 0.1) is 0 Å². The maximum Gasteiger partial charge on any atom is 0.0726 e. The molecule has 0 atom stereocenters. The molecule has 3 aliphatic carbocycles. The fourth-order valence-corrected chi connectivity index (χ4v) is 12.4. The largest absolute Gasteiger partial charge is 0.310 e. The van der Waals surface area contributed by atoms with E-state index in [-0.39, 0.29) is 5.41 Å². The van der Waals surface area contributed by atoms with Crippen LogP contribution in [0.15, 0.2) is 231 Å². The van der Waals surface area contributed by atoms with E-state index in [1.807, 2.05) is 0 Å². The van der Waals surface area contributed by atoms with E-state index in [4.69, 9.17) is 0 Å². The van der Waals surface area contributed by atoms with Gasteiger partial charge in [0, 0.05) is 38.8 Å². The van der Waals surface area contributed by atoms with Crippen LogP contribution in [0.3, 0.4) is 0 Å². The molecule has 0 bridgehead atoms. The molecule has 0 aliphatic heterocycles. The van der Waals surface area contributed by atoms with E-state index in [0.717, 1.165) is 17.1 Å². The molecule has 0 saturated heterocycles. The van der Waals surface area contributed by atoms with Gasteiger partial charge in [-0.05, 0) is 127 Å². The van der Waals surface area contributed by atoms with Crippen molar-refractivity contribution in [1.82, 2.24) is 4.57 Å². The van der Waals surface area contributed by atoms with Crippen LogP contribution in [-0.2, 0) is 10.8 Å². The molecule has 2 heteroatoms. The first kappa shape index (κ1) is 37.2. The summed E-state index contributed by atoms with van der Waals surface area (Å²) >= 11 is 0. The topological polar surface area (TPSA) is 8.17 Å². The van der Waals surface area contributed by atoms with Gasteiger partial charge in [0.25, 0.3) is 0 Å². The molecule has 2 nitrogen and oxygen atoms in total. The minimum absolute atomic E-state index is 0.143. The summed E-state index contributed by atoms with van der Waals surface area (Å²) in [5.74, 6) is 0. The molecule has 10 aromatic carbocycles. The van der Waals surface area contributed by atoms with Crippen molar-refractivity contribution >= 4 is 38.9 Å². The monoisotopic (exact) mass is 840 g/mol. The number of anilines is 3. The Morgan fingerprint density at radius 2 is 0.803 bits per heavy atom. The number of benzene rings is 10. The minimum atomic E-state index is -0.433. The maximum atomic E-state index is 2.52. The number of aromatic nitrogens is 1. The standard InChI is InChI=1S/C64H44N2/c1-63(2)53-22-9-3-16-46(53)49-39-38-45(40-58(49)63)65(43-34-30-41(31-35-43)42-32-36-44(37-33-42)66-59-27-13-7-19-50(59)51-20-8-14-28-60(51)66)61-29-15-26-57-62(61)52-21-6-12-25-56(52)64(57)54-23-10-4-17-47(54)48-18-5-11-24-55(48)64/h3-40H,1-2H3. The molecule has 1 aromatic heterocycles. The van der Waals surface area contributed by atoms with Crippen molar-refractivity contribution in [3.63, 3.8) is 0 Å². The van der Waals surface area contributed by atoms with Gasteiger partial charge in [-0.15, -0.1) is 0 Å². The molecule has 0 fully saturated rings. The van der Waals surface area contributed by atoms with Crippen LogP contribution < -0.4 is 4.90 Å². The zero-order chi connectivity index (χ0) is 43.7. The Bertz CT molecular complexity index is 3690. The van der Waals surface area contributed by atoms with Crippen LogP contribution >= 0.6 is 0 Å². The average Bonchev–Trinajstić information content (AvgIpc) is 4.05. The Balaban J connectivity index is 0.942. The quantitative estimate of drug-likeness (QED) is 0.168. The van der Waals surface area contributed by atoms with Gasteiger partial charge < -0.3 is 9.47 Å². The van der Waals surface area contributed by atoms with Gasteiger partial charge in [-0.25, -0.2) is 0 Å². The molecule has 0 amide bonds. The average molecular weight is 841 g/mol. The molecule has 11 aromatic rings. The van der Waals surface area contributed by atoms with Crippen molar-refractivity contribution in [1.29, 1.82) is 0 Å². The fourth-order valence-electron chi connectivity index (χ4n) is 12.4. The first-order chi connectivity index (χ1) is 32.5. The summed E-state index contributed by atoms with van der Waals surface area (Å²) in [6, 6.07) is 86.2. The summed E-state index contributed by atoms with van der Waals surface area (Å²) in [6.45, 7) is 4.75. The van der Waals surface area contributed by atoms with Gasteiger partial charge in [0.1, 0.15) is 0 Å². The molecular formula is C64H44N2. The fraction of sp³-hybridized carbons (Fsp3) is 0.0625. The Morgan fingerprint density at radius 3 is 1.42 bits per heavy atom. The summed E-state index contributed by atoms with van der Waals surface area (Å²) in [5, 5.41) is 2.55. The van der Waals surface area contributed by atoms with Gasteiger partial charge in [0.05, 0.1) is 22.1 Å². The van der Waals surface area contributed by atoms with Crippen LogP contribution in [0.2, 0.25) is 0 Å². The van der Waals surface area contributed by atoms with Gasteiger partial charge >= 0.3 is 0 Å². The molecule has 0 radical (unpaired) electrons. The minimum Gasteiger partial charge on any atom is -0.310 e. The van der Waals surface area contributed by atoms with Crippen molar-refractivity contribution in [3.05, 3.63) is 264 Å². The molecule has 14 rings (SSSR count). The van der Waals surface area contributed by atoms with Crippen molar-refractivity contribution in [2.45, 2.75) is 24.7 Å². The molecule has 0 N–H and O–H groups in total. The molecule has 3 aliphatic rings. The summed E-state index contributed by atoms with van der Waals surface area (Å²) < 4.78 is 2.38. The molecule has 0 unspecified atom stereocenters. The molecule has 310 valence electrons. The molecule has 0 saturated carbocycles. The lowest BCUT2D eigenvalue weighted by Gasteiger charge is -2.32. The number of fused-ring (bicyclic) bond motifs is 16. The van der Waals surface area contributed by atoms with Crippen LogP contribution in [-0.4, -0.2) is 4.57 Å². The van der Waals surface area contributed by atoms with Crippen molar-refractivity contribution in [2.24, 2.45) is 0 Å². The Morgan fingerprint density at radius 1 is 0.348 bits per heavy atom. The second kappa shape index (κ2) is 13.7. The Hall–Kier alpha value is -8.20. The van der Waals surface area contributed by atoms with Gasteiger partial charge in [-0.2, -0.15) is 0 Å². The lowest BCUT2D eigenvalue weighted by atomic mass is 9.70. The van der Waals surface area contributed by atoms with Gasteiger partial charge in [0.2, 0.25) is 0 Å². The van der Waals surface area contributed by atoms with Crippen LogP contribution in [0.4, 0.5) is 17.1 Å². The van der Waals surface area contributed by atoms with Crippen molar-refractivity contribution in [2.75, 3.05) is 4.90 Å². The summed E-state index contributed by atoms with van der Waals surface area (Å²) in [7, 11) is 0. The zero-order valence-corrected chi connectivity index (χ0v) is 36.8.